The Morgan fingerprint density at radius 2 is 2.07 bits per heavy atom. The summed E-state index contributed by atoms with van der Waals surface area (Å²) in [5.74, 6) is 0.755. The van der Waals surface area contributed by atoms with E-state index in [1.807, 2.05) is 13.8 Å². The second-order valence-electron chi connectivity index (χ2n) is 9.36. The van der Waals surface area contributed by atoms with Crippen LogP contribution in [0, 0.1) is 29.6 Å². The first-order chi connectivity index (χ1) is 13.8. The van der Waals surface area contributed by atoms with Crippen LogP contribution in [-0.2, 0) is 19.1 Å². The first-order valence-electron chi connectivity index (χ1n) is 11.3. The second kappa shape index (κ2) is 9.46. The Hall–Kier alpha value is -1.62. The van der Waals surface area contributed by atoms with E-state index in [1.54, 1.807) is 0 Å². The number of cyclic esters (lactones) is 1. The summed E-state index contributed by atoms with van der Waals surface area (Å²) in [6.45, 7) is 8.33. The number of hydrogen-bond acceptors (Lipinski definition) is 5. The van der Waals surface area contributed by atoms with Crippen molar-refractivity contribution in [3.8, 4) is 0 Å². The van der Waals surface area contributed by atoms with Crippen LogP contribution < -0.4 is 0 Å². The van der Waals surface area contributed by atoms with E-state index >= 15 is 0 Å². The van der Waals surface area contributed by atoms with E-state index in [9.17, 15) is 14.7 Å². The van der Waals surface area contributed by atoms with Crippen molar-refractivity contribution in [2.45, 2.75) is 84.5 Å². The molecule has 1 N–H and O–H groups in total. The zero-order valence-electron chi connectivity index (χ0n) is 18.2. The average molecular weight is 405 g/mol. The van der Waals surface area contributed by atoms with E-state index in [1.165, 1.54) is 5.57 Å². The minimum atomic E-state index is -0.597. The van der Waals surface area contributed by atoms with Crippen LogP contribution in [0.3, 0.4) is 0 Å². The Labute approximate surface area is 174 Å². The van der Waals surface area contributed by atoms with Gasteiger partial charge in [0.1, 0.15) is 12.2 Å². The van der Waals surface area contributed by atoms with Crippen LogP contribution in [0.2, 0.25) is 0 Å². The molecule has 0 spiro atoms. The van der Waals surface area contributed by atoms with Crippen molar-refractivity contribution >= 4 is 11.9 Å². The number of aliphatic hydroxyl groups excluding tert-OH is 1. The summed E-state index contributed by atoms with van der Waals surface area (Å²) in [7, 11) is 0. The van der Waals surface area contributed by atoms with E-state index < -0.39 is 6.10 Å². The van der Waals surface area contributed by atoms with Crippen molar-refractivity contribution in [3.05, 3.63) is 23.8 Å². The molecule has 0 aromatic rings. The number of rotatable bonds is 6. The number of allylic oxidation sites excluding steroid dienone is 3. The topological polar surface area (TPSA) is 72.8 Å². The molecule has 8 atom stereocenters. The quantitative estimate of drug-likeness (QED) is 0.672. The van der Waals surface area contributed by atoms with Crippen LogP contribution in [0.1, 0.15) is 66.2 Å². The van der Waals surface area contributed by atoms with Crippen molar-refractivity contribution < 1.29 is 24.2 Å². The average Bonchev–Trinajstić information content (AvgIpc) is 2.65. The van der Waals surface area contributed by atoms with Crippen LogP contribution in [0.5, 0.6) is 0 Å². The van der Waals surface area contributed by atoms with Gasteiger partial charge in [-0.05, 0) is 49.0 Å². The van der Waals surface area contributed by atoms with Crippen LogP contribution >= 0.6 is 0 Å². The van der Waals surface area contributed by atoms with Gasteiger partial charge in [-0.15, -0.1) is 0 Å². The van der Waals surface area contributed by atoms with E-state index in [2.05, 4.69) is 32.1 Å². The summed E-state index contributed by atoms with van der Waals surface area (Å²) in [6.07, 6.45) is 9.70. The lowest BCUT2D eigenvalue weighted by atomic mass is 9.65. The highest BCUT2D eigenvalue weighted by atomic mass is 16.5. The van der Waals surface area contributed by atoms with Crippen molar-refractivity contribution in [1.82, 2.24) is 0 Å². The minimum absolute atomic E-state index is 0.0854. The molecule has 5 nitrogen and oxygen atoms in total. The molecule has 29 heavy (non-hydrogen) atoms. The molecule has 0 aromatic heterocycles. The Kier molecular flexibility index (Phi) is 7.20. The maximum atomic E-state index is 12.5. The third-order valence-corrected chi connectivity index (χ3v) is 6.93. The van der Waals surface area contributed by atoms with Crippen LogP contribution in [0.15, 0.2) is 23.8 Å². The van der Waals surface area contributed by atoms with Gasteiger partial charge in [-0.25, -0.2) is 0 Å². The molecular weight excluding hydrogens is 368 g/mol. The first kappa shape index (κ1) is 22.1. The highest BCUT2D eigenvalue weighted by molar-refractivity contribution is 5.72. The number of carbonyl (C=O) groups is 2. The molecule has 1 heterocycles. The molecule has 0 saturated carbocycles. The third-order valence-electron chi connectivity index (χ3n) is 6.93. The van der Waals surface area contributed by atoms with Gasteiger partial charge in [0, 0.05) is 12.3 Å². The van der Waals surface area contributed by atoms with Gasteiger partial charge in [0.25, 0.3) is 0 Å². The molecule has 1 saturated heterocycles. The summed E-state index contributed by atoms with van der Waals surface area (Å²) < 4.78 is 11.5. The van der Waals surface area contributed by atoms with E-state index in [0.717, 1.165) is 25.7 Å². The van der Waals surface area contributed by atoms with Crippen molar-refractivity contribution in [2.75, 3.05) is 0 Å². The Balaban J connectivity index is 1.74. The third kappa shape index (κ3) is 5.30. The Bertz CT molecular complexity index is 666. The predicted octanol–water partition coefficient (Wildman–Crippen LogP) is 4.20. The standard InChI is InChI=1S/C24H36O5/c1-5-15(3)24(27)29-21-11-14(2)10-17-7-6-16(4)20(23(17)21)9-8-19-12-18(25)13-22(26)28-19/h6-7,10,14-16,18-21,23,25H,5,8-9,11-13H2,1-4H3/t14-,15+,16+,18+,19?,20?,21-,23-/m0/s1. The molecule has 162 valence electrons. The van der Waals surface area contributed by atoms with Crippen molar-refractivity contribution in [3.63, 3.8) is 0 Å². The van der Waals surface area contributed by atoms with Gasteiger partial charge in [0.05, 0.1) is 18.4 Å². The van der Waals surface area contributed by atoms with Gasteiger partial charge in [-0.2, -0.15) is 0 Å². The number of fused-ring (bicyclic) bond motifs is 1. The molecule has 2 aliphatic carbocycles. The van der Waals surface area contributed by atoms with Crippen molar-refractivity contribution in [2.24, 2.45) is 29.6 Å². The SMILES string of the molecule is CC[C@@H](C)C(=O)O[C@H]1C[C@@H](C)C=C2C=C[C@@H](C)C(CCC3C[C@@H](O)CC(=O)O3)[C@H]21. The summed E-state index contributed by atoms with van der Waals surface area (Å²) >= 11 is 0. The fourth-order valence-electron chi connectivity index (χ4n) is 5.07. The zero-order chi connectivity index (χ0) is 21.1. The monoisotopic (exact) mass is 404 g/mol. The zero-order valence-corrected chi connectivity index (χ0v) is 18.2. The lowest BCUT2D eigenvalue weighted by Gasteiger charge is -2.43. The number of aliphatic hydroxyl groups is 1. The Morgan fingerprint density at radius 3 is 2.76 bits per heavy atom. The van der Waals surface area contributed by atoms with Gasteiger partial charge in [0.15, 0.2) is 0 Å². The molecular formula is C24H36O5. The summed E-state index contributed by atoms with van der Waals surface area (Å²) in [6, 6.07) is 0. The molecule has 1 aliphatic heterocycles. The highest BCUT2D eigenvalue weighted by Gasteiger charge is 2.42. The summed E-state index contributed by atoms with van der Waals surface area (Å²) in [4.78, 5) is 24.2. The highest BCUT2D eigenvalue weighted by Crippen LogP contribution is 2.45. The maximum Gasteiger partial charge on any atom is 0.308 e. The molecule has 0 amide bonds. The Morgan fingerprint density at radius 1 is 1.31 bits per heavy atom. The van der Waals surface area contributed by atoms with Crippen molar-refractivity contribution in [1.29, 1.82) is 0 Å². The lowest BCUT2D eigenvalue weighted by molar-refractivity contribution is -0.162. The number of esters is 2. The van der Waals surface area contributed by atoms with Gasteiger partial charge >= 0.3 is 11.9 Å². The van der Waals surface area contributed by atoms with Gasteiger partial charge in [-0.3, -0.25) is 9.59 Å². The number of hydrogen-bond donors (Lipinski definition) is 1. The minimum Gasteiger partial charge on any atom is -0.462 e. The smallest absolute Gasteiger partial charge is 0.308 e. The fraction of sp³-hybridized carbons (Fsp3) is 0.750. The lowest BCUT2D eigenvalue weighted by Crippen LogP contribution is -2.42. The number of carbonyl (C=O) groups excluding carboxylic acids is 2. The second-order valence-corrected chi connectivity index (χ2v) is 9.36. The fourth-order valence-corrected chi connectivity index (χ4v) is 5.07. The first-order valence-corrected chi connectivity index (χ1v) is 11.3. The molecule has 3 rings (SSSR count). The van der Waals surface area contributed by atoms with Gasteiger partial charge < -0.3 is 14.6 Å². The summed E-state index contributed by atoms with van der Waals surface area (Å²) in [5, 5.41) is 9.89. The molecule has 2 unspecified atom stereocenters. The summed E-state index contributed by atoms with van der Waals surface area (Å²) in [5.41, 5.74) is 1.27. The van der Waals surface area contributed by atoms with Crippen LogP contribution in [-0.4, -0.2) is 35.4 Å². The molecule has 1 fully saturated rings. The van der Waals surface area contributed by atoms with Gasteiger partial charge in [-0.1, -0.05) is 45.9 Å². The predicted molar refractivity (Wildman–Crippen MR) is 111 cm³/mol. The largest absolute Gasteiger partial charge is 0.462 e. The van der Waals surface area contributed by atoms with Crippen LogP contribution in [0.4, 0.5) is 0 Å². The van der Waals surface area contributed by atoms with Gasteiger partial charge in [0.2, 0.25) is 0 Å². The molecule has 3 aliphatic rings. The van der Waals surface area contributed by atoms with Crippen LogP contribution in [0.25, 0.3) is 0 Å². The molecule has 0 aromatic carbocycles. The molecule has 5 heteroatoms. The normalized spacial score (nSPS) is 37.9. The van der Waals surface area contributed by atoms with E-state index in [-0.39, 0.29) is 42.4 Å². The van der Waals surface area contributed by atoms with E-state index in [0.29, 0.717) is 24.2 Å². The molecule has 0 bridgehead atoms. The van der Waals surface area contributed by atoms with E-state index in [4.69, 9.17) is 9.47 Å². The number of ether oxygens (including phenoxy) is 2. The molecule has 0 radical (unpaired) electrons. The maximum absolute atomic E-state index is 12.5.